The summed E-state index contributed by atoms with van der Waals surface area (Å²) in [7, 11) is 0. The van der Waals surface area contributed by atoms with Crippen LogP contribution in [0.15, 0.2) is 18.2 Å². The summed E-state index contributed by atoms with van der Waals surface area (Å²) in [6.45, 7) is 4.79. The van der Waals surface area contributed by atoms with Crippen LogP contribution in [0, 0.1) is 0 Å². The number of nitrogens with zero attached hydrogens (tertiary/aromatic N) is 1. The topological polar surface area (TPSA) is 65.1 Å². The van der Waals surface area contributed by atoms with Crippen molar-refractivity contribution in [2.45, 2.75) is 45.2 Å². The van der Waals surface area contributed by atoms with Crippen LogP contribution in [0.1, 0.15) is 43.5 Å². The van der Waals surface area contributed by atoms with Crippen molar-refractivity contribution in [2.24, 2.45) is 0 Å². The Morgan fingerprint density at radius 2 is 1.79 bits per heavy atom. The SMILES string of the molecule is C[C@@H]1CCC[C@H](C)N1C(=O)COC(=O)c1ccc2c(c1)OCCO2. The molecule has 130 valence electrons. The lowest BCUT2D eigenvalue weighted by atomic mass is 9.97. The first-order valence-electron chi connectivity index (χ1n) is 8.44. The predicted octanol–water partition coefficient (Wildman–Crippen LogP) is 2.40. The molecule has 2 heterocycles. The molecule has 0 radical (unpaired) electrons. The summed E-state index contributed by atoms with van der Waals surface area (Å²) in [5, 5.41) is 0. The van der Waals surface area contributed by atoms with Crippen molar-refractivity contribution >= 4 is 11.9 Å². The summed E-state index contributed by atoms with van der Waals surface area (Å²) in [4.78, 5) is 26.4. The zero-order chi connectivity index (χ0) is 17.1. The van der Waals surface area contributed by atoms with E-state index in [1.165, 1.54) is 0 Å². The van der Waals surface area contributed by atoms with E-state index < -0.39 is 5.97 Å². The molecule has 1 amide bonds. The van der Waals surface area contributed by atoms with Crippen LogP contribution in [0.25, 0.3) is 0 Å². The second-order valence-corrected chi connectivity index (χ2v) is 6.36. The normalized spacial score (nSPS) is 22.8. The maximum Gasteiger partial charge on any atom is 0.338 e. The molecule has 0 aliphatic carbocycles. The van der Waals surface area contributed by atoms with Gasteiger partial charge in [-0.3, -0.25) is 4.79 Å². The van der Waals surface area contributed by atoms with Gasteiger partial charge in [0.1, 0.15) is 13.2 Å². The number of ether oxygens (including phenoxy) is 3. The van der Waals surface area contributed by atoms with Crippen LogP contribution < -0.4 is 9.47 Å². The van der Waals surface area contributed by atoms with Gasteiger partial charge in [-0.05, 0) is 51.3 Å². The van der Waals surface area contributed by atoms with E-state index in [1.807, 2.05) is 18.7 Å². The number of carbonyl (C=O) groups is 2. The third-order valence-corrected chi connectivity index (χ3v) is 4.59. The third-order valence-electron chi connectivity index (χ3n) is 4.59. The first-order chi connectivity index (χ1) is 11.6. The molecule has 3 rings (SSSR count). The first kappa shape index (κ1) is 16.6. The molecule has 0 N–H and O–H groups in total. The third kappa shape index (κ3) is 3.47. The van der Waals surface area contributed by atoms with Crippen molar-refractivity contribution in [3.05, 3.63) is 23.8 Å². The van der Waals surface area contributed by atoms with Gasteiger partial charge in [0, 0.05) is 12.1 Å². The number of piperidine rings is 1. The quantitative estimate of drug-likeness (QED) is 0.795. The molecule has 0 bridgehead atoms. The molecule has 0 spiro atoms. The summed E-state index contributed by atoms with van der Waals surface area (Å²) in [5.74, 6) is 0.475. The summed E-state index contributed by atoms with van der Waals surface area (Å²) < 4.78 is 16.1. The minimum atomic E-state index is -0.530. The highest BCUT2D eigenvalue weighted by atomic mass is 16.6. The van der Waals surface area contributed by atoms with Crippen molar-refractivity contribution < 1.29 is 23.8 Å². The molecule has 0 unspecified atom stereocenters. The summed E-state index contributed by atoms with van der Waals surface area (Å²) >= 11 is 0. The van der Waals surface area contributed by atoms with Gasteiger partial charge in [-0.1, -0.05) is 0 Å². The standard InChI is InChI=1S/C18H23NO5/c1-12-4-3-5-13(2)19(12)17(20)11-24-18(21)14-6-7-15-16(10-14)23-9-8-22-15/h6-7,10,12-13H,3-5,8-9,11H2,1-2H3/t12-,13+. The highest BCUT2D eigenvalue weighted by Gasteiger charge is 2.29. The number of benzene rings is 1. The van der Waals surface area contributed by atoms with Gasteiger partial charge in [0.2, 0.25) is 0 Å². The van der Waals surface area contributed by atoms with Crippen molar-refractivity contribution in [3.63, 3.8) is 0 Å². The molecule has 2 atom stereocenters. The Morgan fingerprint density at radius 1 is 1.12 bits per heavy atom. The van der Waals surface area contributed by atoms with E-state index in [9.17, 15) is 9.59 Å². The van der Waals surface area contributed by atoms with E-state index in [-0.39, 0.29) is 24.6 Å². The Hall–Kier alpha value is -2.24. The van der Waals surface area contributed by atoms with Gasteiger partial charge in [0.05, 0.1) is 5.56 Å². The van der Waals surface area contributed by atoms with Gasteiger partial charge in [-0.15, -0.1) is 0 Å². The summed E-state index contributed by atoms with van der Waals surface area (Å²) in [6, 6.07) is 5.27. The van der Waals surface area contributed by atoms with Gasteiger partial charge < -0.3 is 19.1 Å². The van der Waals surface area contributed by atoms with Crippen LogP contribution in [0.2, 0.25) is 0 Å². The molecule has 1 aromatic carbocycles. The maximum atomic E-state index is 12.4. The predicted molar refractivity (Wildman–Crippen MR) is 87.3 cm³/mol. The van der Waals surface area contributed by atoms with Gasteiger partial charge in [0.15, 0.2) is 18.1 Å². The number of amides is 1. The first-order valence-corrected chi connectivity index (χ1v) is 8.44. The number of esters is 1. The molecule has 2 aliphatic heterocycles. The van der Waals surface area contributed by atoms with Gasteiger partial charge in [0.25, 0.3) is 5.91 Å². The fraction of sp³-hybridized carbons (Fsp3) is 0.556. The van der Waals surface area contributed by atoms with E-state index in [4.69, 9.17) is 14.2 Å². The number of rotatable bonds is 3. The number of hydrogen-bond acceptors (Lipinski definition) is 5. The minimum absolute atomic E-state index is 0.138. The summed E-state index contributed by atoms with van der Waals surface area (Å²) in [5.41, 5.74) is 0.354. The lowest BCUT2D eigenvalue weighted by molar-refractivity contribution is -0.140. The number of fused-ring (bicyclic) bond motifs is 1. The Bertz CT molecular complexity index is 620. The van der Waals surface area contributed by atoms with Crippen LogP contribution in [0.4, 0.5) is 0 Å². The average Bonchev–Trinajstić information content (AvgIpc) is 2.59. The molecule has 2 aliphatic rings. The van der Waals surface area contributed by atoms with Gasteiger partial charge in [-0.25, -0.2) is 4.79 Å². The Labute approximate surface area is 141 Å². The van der Waals surface area contributed by atoms with Crippen molar-refractivity contribution in [1.29, 1.82) is 0 Å². The lowest BCUT2D eigenvalue weighted by Gasteiger charge is -2.38. The van der Waals surface area contributed by atoms with E-state index >= 15 is 0 Å². The molecule has 1 fully saturated rings. The van der Waals surface area contributed by atoms with Gasteiger partial charge >= 0.3 is 5.97 Å². The molecule has 24 heavy (non-hydrogen) atoms. The van der Waals surface area contributed by atoms with Crippen LogP contribution in [0.3, 0.4) is 0 Å². The molecule has 1 saturated heterocycles. The van der Waals surface area contributed by atoms with E-state index in [0.29, 0.717) is 30.3 Å². The Balaban J connectivity index is 1.60. The molecule has 6 heteroatoms. The number of carbonyl (C=O) groups excluding carboxylic acids is 2. The Morgan fingerprint density at radius 3 is 2.50 bits per heavy atom. The largest absolute Gasteiger partial charge is 0.486 e. The van der Waals surface area contributed by atoms with Crippen molar-refractivity contribution in [1.82, 2.24) is 4.90 Å². The molecular formula is C18H23NO5. The van der Waals surface area contributed by atoms with Crippen LogP contribution in [0.5, 0.6) is 11.5 Å². The highest BCUT2D eigenvalue weighted by molar-refractivity contribution is 5.92. The zero-order valence-corrected chi connectivity index (χ0v) is 14.1. The molecular weight excluding hydrogens is 310 g/mol. The fourth-order valence-corrected chi connectivity index (χ4v) is 3.37. The highest BCUT2D eigenvalue weighted by Crippen LogP contribution is 2.31. The smallest absolute Gasteiger partial charge is 0.338 e. The summed E-state index contributed by atoms with van der Waals surface area (Å²) in [6.07, 6.45) is 3.11. The monoisotopic (exact) mass is 333 g/mol. The van der Waals surface area contributed by atoms with E-state index in [0.717, 1.165) is 19.3 Å². The van der Waals surface area contributed by atoms with Crippen LogP contribution in [-0.2, 0) is 9.53 Å². The molecule has 0 saturated carbocycles. The molecule has 6 nitrogen and oxygen atoms in total. The number of hydrogen-bond donors (Lipinski definition) is 0. The van der Waals surface area contributed by atoms with Crippen molar-refractivity contribution in [3.8, 4) is 11.5 Å². The van der Waals surface area contributed by atoms with Gasteiger partial charge in [-0.2, -0.15) is 0 Å². The van der Waals surface area contributed by atoms with E-state index in [2.05, 4.69) is 0 Å². The Kier molecular flexibility index (Phi) is 4.92. The number of likely N-dealkylation sites (tertiary alicyclic amines) is 1. The average molecular weight is 333 g/mol. The molecule has 1 aromatic rings. The second kappa shape index (κ2) is 7.11. The second-order valence-electron chi connectivity index (χ2n) is 6.36. The zero-order valence-electron chi connectivity index (χ0n) is 14.1. The maximum absolute atomic E-state index is 12.4. The van der Waals surface area contributed by atoms with Crippen molar-refractivity contribution in [2.75, 3.05) is 19.8 Å². The fourth-order valence-electron chi connectivity index (χ4n) is 3.37. The minimum Gasteiger partial charge on any atom is -0.486 e. The van der Waals surface area contributed by atoms with Crippen LogP contribution in [-0.4, -0.2) is 48.7 Å². The van der Waals surface area contributed by atoms with Crippen LogP contribution >= 0.6 is 0 Å². The lowest BCUT2D eigenvalue weighted by Crippen LogP contribution is -2.49. The van der Waals surface area contributed by atoms with E-state index in [1.54, 1.807) is 18.2 Å². The molecule has 0 aromatic heterocycles.